The summed E-state index contributed by atoms with van der Waals surface area (Å²) in [5.74, 6) is 0. The Balaban J connectivity index is 1.87. The molecule has 96 valence electrons. The molecule has 0 spiro atoms. The largest absolute Gasteiger partial charge is 0.378 e. The molecular formula is C13H20BrNOS. The van der Waals surface area contributed by atoms with Crippen molar-refractivity contribution in [3.63, 3.8) is 0 Å². The molecule has 2 atom stereocenters. The maximum absolute atomic E-state index is 5.73. The van der Waals surface area contributed by atoms with Gasteiger partial charge in [0.15, 0.2) is 0 Å². The summed E-state index contributed by atoms with van der Waals surface area (Å²) in [6.07, 6.45) is 5.19. The van der Waals surface area contributed by atoms with E-state index in [1.165, 1.54) is 22.2 Å². The maximum Gasteiger partial charge on any atom is 0.0590 e. The van der Waals surface area contributed by atoms with E-state index >= 15 is 0 Å². The Bertz CT molecular complexity index is 336. The minimum Gasteiger partial charge on any atom is -0.378 e. The van der Waals surface area contributed by atoms with Crippen LogP contribution in [0.4, 0.5) is 0 Å². The van der Waals surface area contributed by atoms with Gasteiger partial charge in [0.1, 0.15) is 0 Å². The van der Waals surface area contributed by atoms with E-state index in [1.54, 1.807) is 0 Å². The Morgan fingerprint density at radius 2 is 2.53 bits per heavy atom. The lowest BCUT2D eigenvalue weighted by Gasteiger charge is -2.20. The summed E-state index contributed by atoms with van der Waals surface area (Å²) in [7, 11) is 0. The van der Waals surface area contributed by atoms with Gasteiger partial charge in [0, 0.05) is 27.4 Å². The van der Waals surface area contributed by atoms with Crippen LogP contribution in [0.5, 0.6) is 0 Å². The number of likely N-dealkylation sites (N-methyl/N-ethyl adjacent to an activating group) is 1. The predicted molar refractivity (Wildman–Crippen MR) is 76.8 cm³/mol. The average Bonchev–Trinajstić information content (AvgIpc) is 2.91. The maximum atomic E-state index is 5.73. The SMILES string of the molecule is CCNC(Cc1cc(Br)cs1)CC1CCCO1. The summed E-state index contributed by atoms with van der Waals surface area (Å²) in [6, 6.07) is 2.78. The van der Waals surface area contributed by atoms with Gasteiger partial charge in [0.25, 0.3) is 0 Å². The van der Waals surface area contributed by atoms with Crippen molar-refractivity contribution < 1.29 is 4.74 Å². The van der Waals surface area contributed by atoms with Crippen LogP contribution in [0.1, 0.15) is 31.1 Å². The van der Waals surface area contributed by atoms with Gasteiger partial charge in [-0.2, -0.15) is 0 Å². The summed E-state index contributed by atoms with van der Waals surface area (Å²) >= 11 is 5.35. The molecule has 1 fully saturated rings. The fourth-order valence-electron chi connectivity index (χ4n) is 2.38. The van der Waals surface area contributed by atoms with Gasteiger partial charge in [-0.05, 0) is 54.2 Å². The van der Waals surface area contributed by atoms with Crippen LogP contribution in [-0.2, 0) is 11.2 Å². The van der Waals surface area contributed by atoms with Crippen LogP contribution in [0.25, 0.3) is 0 Å². The molecule has 0 aliphatic carbocycles. The van der Waals surface area contributed by atoms with Gasteiger partial charge in [-0.25, -0.2) is 0 Å². The molecule has 2 nitrogen and oxygen atoms in total. The van der Waals surface area contributed by atoms with Crippen molar-refractivity contribution >= 4 is 27.3 Å². The lowest BCUT2D eigenvalue weighted by Crippen LogP contribution is -2.34. The van der Waals surface area contributed by atoms with Crippen LogP contribution >= 0.6 is 27.3 Å². The molecule has 1 aromatic rings. The van der Waals surface area contributed by atoms with Crippen molar-refractivity contribution in [3.05, 3.63) is 20.8 Å². The molecule has 0 aromatic carbocycles. The van der Waals surface area contributed by atoms with E-state index in [2.05, 4.69) is 39.6 Å². The summed E-state index contributed by atoms with van der Waals surface area (Å²) in [5.41, 5.74) is 0. The van der Waals surface area contributed by atoms with Gasteiger partial charge in [-0.15, -0.1) is 11.3 Å². The van der Waals surface area contributed by atoms with E-state index in [-0.39, 0.29) is 0 Å². The van der Waals surface area contributed by atoms with Crippen molar-refractivity contribution in [3.8, 4) is 0 Å². The summed E-state index contributed by atoms with van der Waals surface area (Å²) in [5, 5.41) is 5.74. The quantitative estimate of drug-likeness (QED) is 0.865. The van der Waals surface area contributed by atoms with Gasteiger partial charge in [0.05, 0.1) is 6.10 Å². The smallest absolute Gasteiger partial charge is 0.0590 e. The van der Waals surface area contributed by atoms with Crippen molar-refractivity contribution in [2.45, 2.75) is 44.8 Å². The highest BCUT2D eigenvalue weighted by atomic mass is 79.9. The molecule has 1 aliphatic heterocycles. The van der Waals surface area contributed by atoms with E-state index in [9.17, 15) is 0 Å². The van der Waals surface area contributed by atoms with Gasteiger partial charge in [-0.3, -0.25) is 0 Å². The minimum atomic E-state index is 0.474. The van der Waals surface area contributed by atoms with Gasteiger partial charge in [0.2, 0.25) is 0 Å². The van der Waals surface area contributed by atoms with Crippen molar-refractivity contribution in [2.75, 3.05) is 13.2 Å². The predicted octanol–water partition coefficient (Wildman–Crippen LogP) is 3.60. The fraction of sp³-hybridized carbons (Fsp3) is 0.692. The van der Waals surface area contributed by atoms with Gasteiger partial charge in [-0.1, -0.05) is 6.92 Å². The Labute approximate surface area is 116 Å². The third-order valence-electron chi connectivity index (χ3n) is 3.13. The molecule has 1 aliphatic rings. The minimum absolute atomic E-state index is 0.474. The Kier molecular flexibility index (Phi) is 5.48. The van der Waals surface area contributed by atoms with Gasteiger partial charge < -0.3 is 10.1 Å². The molecular weight excluding hydrogens is 298 g/mol. The molecule has 0 bridgehead atoms. The molecule has 0 radical (unpaired) electrons. The molecule has 2 unspecified atom stereocenters. The molecule has 1 aromatic heterocycles. The molecule has 2 heterocycles. The van der Waals surface area contributed by atoms with Crippen molar-refractivity contribution in [1.82, 2.24) is 5.32 Å². The van der Waals surface area contributed by atoms with E-state index in [4.69, 9.17) is 4.74 Å². The van der Waals surface area contributed by atoms with Gasteiger partial charge >= 0.3 is 0 Å². The van der Waals surface area contributed by atoms with Crippen molar-refractivity contribution in [2.24, 2.45) is 0 Å². The number of ether oxygens (including phenoxy) is 1. The molecule has 1 N–H and O–H groups in total. The molecule has 4 heteroatoms. The average molecular weight is 318 g/mol. The molecule has 2 rings (SSSR count). The summed E-state index contributed by atoms with van der Waals surface area (Å²) < 4.78 is 6.93. The summed E-state index contributed by atoms with van der Waals surface area (Å²) in [4.78, 5) is 1.45. The van der Waals surface area contributed by atoms with E-state index in [1.807, 2.05) is 11.3 Å². The molecule has 17 heavy (non-hydrogen) atoms. The number of halogens is 1. The van der Waals surface area contributed by atoms with E-state index in [0.717, 1.165) is 26.0 Å². The monoisotopic (exact) mass is 317 g/mol. The molecule has 0 amide bonds. The number of thiophene rings is 1. The highest BCUT2D eigenvalue weighted by Crippen LogP contribution is 2.23. The Morgan fingerprint density at radius 1 is 1.65 bits per heavy atom. The zero-order valence-corrected chi connectivity index (χ0v) is 12.6. The Hall–Kier alpha value is 0.1000. The van der Waals surface area contributed by atoms with Crippen LogP contribution in [0.2, 0.25) is 0 Å². The second kappa shape index (κ2) is 6.88. The first-order valence-electron chi connectivity index (χ1n) is 6.36. The van der Waals surface area contributed by atoms with Crippen LogP contribution in [0, 0.1) is 0 Å². The lowest BCUT2D eigenvalue weighted by atomic mass is 10.0. The summed E-state index contributed by atoms with van der Waals surface area (Å²) in [6.45, 7) is 4.16. The molecule has 0 saturated carbocycles. The Morgan fingerprint density at radius 3 is 3.12 bits per heavy atom. The highest BCUT2D eigenvalue weighted by molar-refractivity contribution is 9.10. The topological polar surface area (TPSA) is 21.3 Å². The zero-order chi connectivity index (χ0) is 12.1. The fourth-order valence-corrected chi connectivity index (χ4v) is 3.91. The number of nitrogens with one attached hydrogen (secondary N) is 1. The zero-order valence-electron chi connectivity index (χ0n) is 10.2. The number of hydrogen-bond donors (Lipinski definition) is 1. The third kappa shape index (κ3) is 4.36. The highest BCUT2D eigenvalue weighted by Gasteiger charge is 2.20. The number of hydrogen-bond acceptors (Lipinski definition) is 3. The number of rotatable bonds is 6. The van der Waals surface area contributed by atoms with Crippen LogP contribution in [0.15, 0.2) is 15.9 Å². The lowest BCUT2D eigenvalue weighted by molar-refractivity contribution is 0.0948. The molecule has 1 saturated heterocycles. The first-order chi connectivity index (χ1) is 8.28. The second-order valence-electron chi connectivity index (χ2n) is 4.56. The van der Waals surface area contributed by atoms with Crippen LogP contribution in [-0.4, -0.2) is 25.3 Å². The van der Waals surface area contributed by atoms with Crippen LogP contribution in [0.3, 0.4) is 0 Å². The second-order valence-corrected chi connectivity index (χ2v) is 6.47. The van der Waals surface area contributed by atoms with Crippen molar-refractivity contribution in [1.29, 1.82) is 0 Å². The first kappa shape index (κ1) is 13.5. The van der Waals surface area contributed by atoms with E-state index in [0.29, 0.717) is 12.1 Å². The van der Waals surface area contributed by atoms with Crippen LogP contribution < -0.4 is 5.32 Å². The van der Waals surface area contributed by atoms with E-state index < -0.39 is 0 Å². The third-order valence-corrected chi connectivity index (χ3v) is 4.85. The first-order valence-corrected chi connectivity index (χ1v) is 8.03. The normalized spacial score (nSPS) is 21.9. The standard InChI is InChI=1S/C13H20BrNOS/c1-2-15-11(7-12-4-3-5-16-12)8-13-6-10(14)9-17-13/h6,9,11-12,15H,2-5,7-8H2,1H3.